The van der Waals surface area contributed by atoms with Gasteiger partial charge in [0.15, 0.2) is 10.8 Å². The first-order valence-corrected chi connectivity index (χ1v) is 7.51. The van der Waals surface area contributed by atoms with Crippen molar-refractivity contribution in [3.63, 3.8) is 0 Å². The van der Waals surface area contributed by atoms with Gasteiger partial charge >= 0.3 is 0 Å². The normalized spacial score (nSPS) is 11.3. The van der Waals surface area contributed by atoms with Crippen molar-refractivity contribution in [2.24, 2.45) is 0 Å². The first kappa shape index (κ1) is 12.6. The van der Waals surface area contributed by atoms with Gasteiger partial charge in [-0.25, -0.2) is 4.39 Å². The van der Waals surface area contributed by atoms with Crippen LogP contribution in [0.3, 0.4) is 0 Å². The van der Waals surface area contributed by atoms with Gasteiger partial charge in [-0.05, 0) is 28.1 Å². The molecule has 0 atom stereocenters. The number of hydrogen-bond acceptors (Lipinski definition) is 5. The molecule has 3 aromatic heterocycles. The molecule has 0 aliphatic heterocycles. The summed E-state index contributed by atoms with van der Waals surface area (Å²) in [5.74, 6) is 0.179. The van der Waals surface area contributed by atoms with Gasteiger partial charge in [0.05, 0.1) is 10.7 Å². The molecule has 0 amide bonds. The Labute approximate surface area is 129 Å². The molecule has 0 aliphatic rings. The van der Waals surface area contributed by atoms with E-state index in [9.17, 15) is 4.39 Å². The summed E-state index contributed by atoms with van der Waals surface area (Å²) in [6.45, 7) is 0. The summed E-state index contributed by atoms with van der Waals surface area (Å²) in [7, 11) is 0. The topological polar surface area (TPSA) is 71.8 Å². The lowest BCUT2D eigenvalue weighted by atomic mass is 10.2. The Morgan fingerprint density at radius 2 is 2.19 bits per heavy atom. The number of hydrogen-bond donors (Lipinski definition) is 1. The summed E-state index contributed by atoms with van der Waals surface area (Å²) in [6.07, 6.45) is 1.66. The third-order valence-electron chi connectivity index (χ3n) is 2.88. The van der Waals surface area contributed by atoms with Gasteiger partial charge in [-0.15, -0.1) is 10.2 Å². The van der Waals surface area contributed by atoms with Crippen LogP contribution in [0, 0.1) is 5.82 Å². The molecule has 6 nitrogen and oxygen atoms in total. The molecule has 0 saturated heterocycles. The molecule has 3 heterocycles. The minimum absolute atomic E-state index is 0.323. The van der Waals surface area contributed by atoms with Crippen LogP contribution in [0.15, 0.2) is 34.9 Å². The van der Waals surface area contributed by atoms with Gasteiger partial charge in [-0.3, -0.25) is 5.10 Å². The smallest absolute Gasteiger partial charge is 0.235 e. The first-order chi connectivity index (χ1) is 10.2. The summed E-state index contributed by atoms with van der Waals surface area (Å²) >= 11 is 4.77. The van der Waals surface area contributed by atoms with Gasteiger partial charge < -0.3 is 0 Å². The van der Waals surface area contributed by atoms with Crippen molar-refractivity contribution >= 4 is 32.2 Å². The van der Waals surface area contributed by atoms with E-state index in [1.807, 2.05) is 0 Å². The van der Waals surface area contributed by atoms with E-state index in [0.717, 1.165) is 15.2 Å². The zero-order chi connectivity index (χ0) is 14.4. The van der Waals surface area contributed by atoms with Crippen LogP contribution in [-0.2, 0) is 0 Å². The molecule has 0 aliphatic carbocycles. The predicted octanol–water partition coefficient (Wildman–Crippen LogP) is 3.14. The Morgan fingerprint density at radius 3 is 2.95 bits per heavy atom. The highest BCUT2D eigenvalue weighted by atomic mass is 79.9. The Morgan fingerprint density at radius 1 is 1.29 bits per heavy atom. The SMILES string of the molecule is Fc1cccc(-c2nnc3sc(-c4[nH]ncc4Br)nn23)c1. The van der Waals surface area contributed by atoms with Gasteiger partial charge in [0.25, 0.3) is 0 Å². The van der Waals surface area contributed by atoms with Crippen molar-refractivity contribution in [3.05, 3.63) is 40.8 Å². The van der Waals surface area contributed by atoms with Gasteiger partial charge in [0.1, 0.15) is 11.5 Å². The van der Waals surface area contributed by atoms with Crippen LogP contribution in [0.1, 0.15) is 0 Å². The zero-order valence-corrected chi connectivity index (χ0v) is 12.7. The molecule has 1 aromatic carbocycles. The predicted molar refractivity (Wildman–Crippen MR) is 79.3 cm³/mol. The van der Waals surface area contributed by atoms with Crippen LogP contribution >= 0.6 is 27.3 Å². The molecule has 0 unspecified atom stereocenters. The van der Waals surface area contributed by atoms with E-state index in [-0.39, 0.29) is 5.82 Å². The first-order valence-electron chi connectivity index (χ1n) is 5.90. The number of nitrogens with zero attached hydrogens (tertiary/aromatic N) is 5. The number of H-pyrrole nitrogens is 1. The highest BCUT2D eigenvalue weighted by Gasteiger charge is 2.17. The van der Waals surface area contributed by atoms with Crippen molar-refractivity contribution < 1.29 is 4.39 Å². The molecular formula is C12H6BrFN6S. The quantitative estimate of drug-likeness (QED) is 0.592. The summed E-state index contributed by atoms with van der Waals surface area (Å²) in [5, 5.41) is 20.2. The average molecular weight is 365 g/mol. The van der Waals surface area contributed by atoms with Crippen molar-refractivity contribution in [2.75, 3.05) is 0 Å². The molecule has 0 spiro atoms. The van der Waals surface area contributed by atoms with Crippen LogP contribution in [0.25, 0.3) is 27.1 Å². The number of nitrogens with one attached hydrogen (secondary N) is 1. The number of halogens is 2. The molecular weight excluding hydrogens is 359 g/mol. The lowest BCUT2D eigenvalue weighted by molar-refractivity contribution is 0.628. The van der Waals surface area contributed by atoms with E-state index in [1.54, 1.807) is 22.8 Å². The standard InChI is InChI=1S/C12H6BrFN6S/c13-8-5-15-16-9(8)11-19-20-10(17-18-12(20)21-11)6-2-1-3-7(14)4-6/h1-5H,(H,15,16). The van der Waals surface area contributed by atoms with Crippen molar-refractivity contribution in [3.8, 4) is 22.1 Å². The van der Waals surface area contributed by atoms with Gasteiger partial charge in [-0.2, -0.15) is 14.7 Å². The summed E-state index contributed by atoms with van der Waals surface area (Å²) in [5.41, 5.74) is 1.40. The Balaban J connectivity index is 1.89. The summed E-state index contributed by atoms with van der Waals surface area (Å²) in [4.78, 5) is 0.630. The van der Waals surface area contributed by atoms with Crippen LogP contribution < -0.4 is 0 Å². The number of fused-ring (bicyclic) bond motifs is 1. The third kappa shape index (κ3) is 2.05. The second-order valence-corrected chi connectivity index (χ2v) is 6.04. The number of aromatic nitrogens is 6. The second-order valence-electron chi connectivity index (χ2n) is 4.23. The Bertz CT molecular complexity index is 942. The molecule has 0 saturated carbocycles. The molecule has 4 aromatic rings. The number of rotatable bonds is 2. The van der Waals surface area contributed by atoms with E-state index in [0.29, 0.717) is 16.3 Å². The maximum Gasteiger partial charge on any atom is 0.235 e. The molecule has 0 bridgehead atoms. The van der Waals surface area contributed by atoms with Crippen molar-refractivity contribution in [1.82, 2.24) is 30.0 Å². The summed E-state index contributed by atoms with van der Waals surface area (Å²) < 4.78 is 15.8. The third-order valence-corrected chi connectivity index (χ3v) is 4.40. The molecule has 21 heavy (non-hydrogen) atoms. The van der Waals surface area contributed by atoms with E-state index >= 15 is 0 Å². The van der Waals surface area contributed by atoms with E-state index in [4.69, 9.17) is 0 Å². The van der Waals surface area contributed by atoms with Gasteiger partial charge in [-0.1, -0.05) is 23.5 Å². The molecule has 4 rings (SSSR count). The minimum atomic E-state index is -0.323. The Kier molecular flexibility index (Phi) is 2.82. The molecule has 104 valence electrons. The van der Waals surface area contributed by atoms with E-state index in [1.165, 1.54) is 23.5 Å². The second kappa shape index (κ2) is 4.71. The van der Waals surface area contributed by atoms with Crippen LogP contribution in [0.4, 0.5) is 4.39 Å². The van der Waals surface area contributed by atoms with Gasteiger partial charge in [0.2, 0.25) is 4.96 Å². The van der Waals surface area contributed by atoms with Crippen LogP contribution in [-0.4, -0.2) is 30.0 Å². The fourth-order valence-corrected chi connectivity index (χ4v) is 3.31. The maximum absolute atomic E-state index is 13.3. The molecule has 0 radical (unpaired) electrons. The lowest BCUT2D eigenvalue weighted by Crippen LogP contribution is -1.91. The number of benzene rings is 1. The minimum Gasteiger partial charge on any atom is -0.274 e. The largest absolute Gasteiger partial charge is 0.274 e. The van der Waals surface area contributed by atoms with Crippen LogP contribution in [0.2, 0.25) is 0 Å². The molecule has 9 heteroatoms. The van der Waals surface area contributed by atoms with Crippen molar-refractivity contribution in [1.29, 1.82) is 0 Å². The van der Waals surface area contributed by atoms with E-state index < -0.39 is 0 Å². The lowest BCUT2D eigenvalue weighted by Gasteiger charge is -1.96. The fraction of sp³-hybridized carbons (Fsp3) is 0. The Hall–Kier alpha value is -2.13. The van der Waals surface area contributed by atoms with E-state index in [2.05, 4.69) is 41.4 Å². The monoisotopic (exact) mass is 364 g/mol. The summed E-state index contributed by atoms with van der Waals surface area (Å²) in [6, 6.07) is 6.19. The van der Waals surface area contributed by atoms with Crippen molar-refractivity contribution in [2.45, 2.75) is 0 Å². The van der Waals surface area contributed by atoms with Crippen LogP contribution in [0.5, 0.6) is 0 Å². The highest BCUT2D eigenvalue weighted by Crippen LogP contribution is 2.30. The maximum atomic E-state index is 13.3. The van der Waals surface area contributed by atoms with Gasteiger partial charge in [0, 0.05) is 5.56 Å². The highest BCUT2D eigenvalue weighted by molar-refractivity contribution is 9.10. The average Bonchev–Trinajstić information content (AvgIpc) is 3.12. The molecule has 1 N–H and O–H groups in total. The fourth-order valence-electron chi connectivity index (χ4n) is 1.95. The number of aromatic amines is 1. The molecule has 0 fully saturated rings. The zero-order valence-electron chi connectivity index (χ0n) is 10.3.